The Morgan fingerprint density at radius 2 is 1.10 bits per heavy atom. The lowest BCUT2D eigenvalue weighted by molar-refractivity contribution is 0.360. The molecule has 9 rings (SSSR count). The van der Waals surface area contributed by atoms with E-state index in [2.05, 4.69) is 102 Å². The summed E-state index contributed by atoms with van der Waals surface area (Å²) < 4.78 is 17.3. The lowest BCUT2D eigenvalue weighted by atomic mass is 10.0. The van der Waals surface area contributed by atoms with Crippen molar-refractivity contribution in [2.24, 2.45) is 0 Å². The van der Waals surface area contributed by atoms with Crippen molar-refractivity contribution >= 4 is 53.3 Å². The van der Waals surface area contributed by atoms with Gasteiger partial charge in [0, 0.05) is 26.2 Å². The number of aromatic nitrogens is 1. The van der Waals surface area contributed by atoms with Crippen LogP contribution >= 0.6 is 11.3 Å². The van der Waals surface area contributed by atoms with Gasteiger partial charge in [0.05, 0.1) is 21.4 Å². The molecule has 0 N–H and O–H groups in total. The van der Waals surface area contributed by atoms with E-state index >= 15 is 0 Å². The van der Waals surface area contributed by atoms with E-state index in [4.69, 9.17) is 9.47 Å². The van der Waals surface area contributed by atoms with E-state index in [1.807, 2.05) is 41.7 Å². The third kappa shape index (κ3) is 3.11. The highest BCUT2D eigenvalue weighted by atomic mass is 32.1. The topological polar surface area (TPSA) is 23.4 Å². The number of hydrogen-bond donors (Lipinski definition) is 0. The van der Waals surface area contributed by atoms with Crippen molar-refractivity contribution in [3.8, 4) is 39.8 Å². The second kappa shape index (κ2) is 8.22. The molecule has 0 unspecified atom stereocenters. The van der Waals surface area contributed by atoms with E-state index in [0.29, 0.717) is 0 Å². The predicted molar refractivity (Wildman–Crippen MR) is 166 cm³/mol. The highest BCUT2D eigenvalue weighted by Gasteiger charge is 2.20. The zero-order valence-corrected chi connectivity index (χ0v) is 22.1. The second-order valence-corrected chi connectivity index (χ2v) is 11.2. The smallest absolute Gasteiger partial charge is 0.170 e. The molecule has 4 heteroatoms. The quantitative estimate of drug-likeness (QED) is 0.221. The fraction of sp³-hybridized carbons (Fsp3) is 0. The maximum atomic E-state index is 6.20. The number of para-hydroxylation sites is 3. The Balaban J connectivity index is 1.24. The lowest BCUT2D eigenvalue weighted by Gasteiger charge is -2.21. The van der Waals surface area contributed by atoms with Crippen molar-refractivity contribution in [3.05, 3.63) is 127 Å². The summed E-state index contributed by atoms with van der Waals surface area (Å²) in [6.07, 6.45) is 0. The number of fused-ring (bicyclic) bond motifs is 8. The van der Waals surface area contributed by atoms with E-state index < -0.39 is 0 Å². The van der Waals surface area contributed by atoms with Crippen molar-refractivity contribution in [3.63, 3.8) is 0 Å². The molecule has 8 aromatic rings. The highest BCUT2D eigenvalue weighted by Crippen LogP contribution is 2.47. The summed E-state index contributed by atoms with van der Waals surface area (Å²) in [6, 6.07) is 44.8. The van der Waals surface area contributed by atoms with Crippen molar-refractivity contribution in [2.45, 2.75) is 0 Å². The zero-order valence-electron chi connectivity index (χ0n) is 21.3. The van der Waals surface area contributed by atoms with E-state index in [9.17, 15) is 0 Å². The minimum atomic E-state index is 0.732. The molecular weight excluding hydrogens is 510 g/mol. The molecule has 2 aromatic heterocycles. The van der Waals surface area contributed by atoms with Crippen molar-refractivity contribution < 1.29 is 9.47 Å². The minimum absolute atomic E-state index is 0.732. The van der Waals surface area contributed by atoms with Gasteiger partial charge < -0.3 is 14.0 Å². The Hall–Kier alpha value is -5.06. The summed E-state index contributed by atoms with van der Waals surface area (Å²) in [5, 5.41) is 5.09. The van der Waals surface area contributed by atoms with Gasteiger partial charge in [-0.05, 0) is 65.7 Å². The number of hydrogen-bond acceptors (Lipinski definition) is 3. The molecule has 40 heavy (non-hydrogen) atoms. The van der Waals surface area contributed by atoms with Gasteiger partial charge in [0.1, 0.15) is 0 Å². The average Bonchev–Trinajstić information content (AvgIpc) is 3.55. The number of thiophene rings is 1. The fourth-order valence-electron chi connectivity index (χ4n) is 6.03. The summed E-state index contributed by atoms with van der Waals surface area (Å²) in [4.78, 5) is 0. The third-order valence-electron chi connectivity index (χ3n) is 7.86. The van der Waals surface area contributed by atoms with Crippen LogP contribution in [0.1, 0.15) is 0 Å². The first kappa shape index (κ1) is 21.8. The Morgan fingerprint density at radius 1 is 0.450 bits per heavy atom. The molecule has 0 atom stereocenters. The summed E-state index contributed by atoms with van der Waals surface area (Å²) >= 11 is 1.87. The molecule has 6 aromatic carbocycles. The average molecular weight is 532 g/mol. The molecule has 0 bridgehead atoms. The van der Waals surface area contributed by atoms with Crippen LogP contribution in [-0.4, -0.2) is 4.57 Å². The minimum Gasteiger partial charge on any atom is -0.450 e. The normalized spacial score (nSPS) is 12.4. The largest absolute Gasteiger partial charge is 0.450 e. The van der Waals surface area contributed by atoms with Gasteiger partial charge in [-0.25, -0.2) is 0 Å². The van der Waals surface area contributed by atoms with Crippen LogP contribution in [0, 0.1) is 0 Å². The molecule has 1 aliphatic rings. The van der Waals surface area contributed by atoms with Crippen LogP contribution < -0.4 is 9.47 Å². The predicted octanol–water partition coefficient (Wildman–Crippen LogP) is 10.7. The molecular formula is C36H21NO2S. The second-order valence-electron chi connectivity index (χ2n) is 10.1. The van der Waals surface area contributed by atoms with Crippen molar-refractivity contribution in [1.82, 2.24) is 4.57 Å². The van der Waals surface area contributed by atoms with Crippen LogP contribution in [0.5, 0.6) is 23.0 Å². The van der Waals surface area contributed by atoms with Gasteiger partial charge in [-0.3, -0.25) is 0 Å². The molecule has 0 saturated heterocycles. The summed E-state index contributed by atoms with van der Waals surface area (Å²) in [7, 11) is 0. The fourth-order valence-corrected chi connectivity index (χ4v) is 7.23. The van der Waals surface area contributed by atoms with Crippen LogP contribution in [0.2, 0.25) is 0 Å². The maximum absolute atomic E-state index is 6.20. The molecule has 0 amide bonds. The van der Waals surface area contributed by atoms with Crippen LogP contribution in [0.4, 0.5) is 0 Å². The van der Waals surface area contributed by atoms with Crippen LogP contribution in [0.15, 0.2) is 127 Å². The van der Waals surface area contributed by atoms with Gasteiger partial charge in [0.15, 0.2) is 23.0 Å². The Labute approximate surface area is 234 Å². The number of ether oxygens (including phenoxy) is 2. The van der Waals surface area contributed by atoms with Gasteiger partial charge >= 0.3 is 0 Å². The number of rotatable bonds is 2. The Morgan fingerprint density at radius 3 is 2.00 bits per heavy atom. The zero-order chi connectivity index (χ0) is 26.2. The molecule has 0 radical (unpaired) electrons. The molecule has 0 fully saturated rings. The molecule has 0 saturated carbocycles. The van der Waals surface area contributed by atoms with Crippen LogP contribution in [-0.2, 0) is 0 Å². The van der Waals surface area contributed by atoms with E-state index in [0.717, 1.165) is 34.1 Å². The highest BCUT2D eigenvalue weighted by molar-refractivity contribution is 7.26. The first-order valence-corrected chi connectivity index (χ1v) is 14.2. The third-order valence-corrected chi connectivity index (χ3v) is 9.07. The standard InChI is InChI=1S/C36H21NO2S/c1-3-11-28-24(8-1)27-20-22(23-17-19-33-34(21-23)39-32-14-5-4-13-31(32)38-33)16-18-29(27)37(28)30-12-7-10-26-25-9-2-6-15-35(25)40-36(26)30/h1-21H. The van der Waals surface area contributed by atoms with Crippen LogP contribution in [0.3, 0.4) is 0 Å². The van der Waals surface area contributed by atoms with E-state index in [1.54, 1.807) is 0 Å². The molecule has 3 heterocycles. The van der Waals surface area contributed by atoms with E-state index in [1.165, 1.54) is 47.7 Å². The van der Waals surface area contributed by atoms with Gasteiger partial charge in [0.2, 0.25) is 0 Å². The lowest BCUT2D eigenvalue weighted by Crippen LogP contribution is -1.98. The maximum Gasteiger partial charge on any atom is 0.170 e. The monoisotopic (exact) mass is 531 g/mol. The van der Waals surface area contributed by atoms with Crippen molar-refractivity contribution in [1.29, 1.82) is 0 Å². The molecule has 1 aliphatic heterocycles. The van der Waals surface area contributed by atoms with Gasteiger partial charge in [-0.2, -0.15) is 0 Å². The first-order valence-electron chi connectivity index (χ1n) is 13.3. The van der Waals surface area contributed by atoms with Crippen LogP contribution in [0.25, 0.3) is 58.8 Å². The van der Waals surface area contributed by atoms with Crippen molar-refractivity contribution in [2.75, 3.05) is 0 Å². The molecule has 0 aliphatic carbocycles. The molecule has 3 nitrogen and oxygen atoms in total. The molecule has 188 valence electrons. The Bertz CT molecular complexity index is 2290. The number of nitrogens with zero attached hydrogens (tertiary/aromatic N) is 1. The SMILES string of the molecule is c1ccc2c(c1)Oc1ccc(-c3ccc4c(c3)c3ccccc3n4-c3cccc4c3sc3ccccc34)cc1O2. The van der Waals surface area contributed by atoms with E-state index in [-0.39, 0.29) is 0 Å². The first-order chi connectivity index (χ1) is 19.8. The van der Waals surface area contributed by atoms with Gasteiger partial charge in [-0.15, -0.1) is 11.3 Å². The summed E-state index contributed by atoms with van der Waals surface area (Å²) in [5.74, 6) is 2.94. The Kier molecular flexibility index (Phi) is 4.48. The van der Waals surface area contributed by atoms with Gasteiger partial charge in [0.25, 0.3) is 0 Å². The number of benzene rings is 6. The summed E-state index contributed by atoms with van der Waals surface area (Å²) in [6.45, 7) is 0. The summed E-state index contributed by atoms with van der Waals surface area (Å²) in [5.41, 5.74) is 5.85. The van der Waals surface area contributed by atoms with Gasteiger partial charge in [-0.1, -0.05) is 72.8 Å². The molecule has 0 spiro atoms.